The molecule has 6 nitrogen and oxygen atoms in total. The van der Waals surface area contributed by atoms with E-state index >= 15 is 0 Å². The number of nitrogens with zero attached hydrogens (tertiary/aromatic N) is 3. The van der Waals surface area contributed by atoms with Crippen LogP contribution in [0.1, 0.15) is 31.1 Å². The van der Waals surface area contributed by atoms with Crippen LogP contribution in [0.15, 0.2) is 50.5 Å². The zero-order chi connectivity index (χ0) is 16.7. The summed E-state index contributed by atoms with van der Waals surface area (Å²) in [6.07, 6.45) is 6.90. The molecule has 0 saturated heterocycles. The third-order valence-electron chi connectivity index (χ3n) is 3.85. The molecule has 3 heterocycles. The van der Waals surface area contributed by atoms with Crippen molar-refractivity contribution in [3.63, 3.8) is 0 Å². The minimum atomic E-state index is -0.371. The van der Waals surface area contributed by atoms with Crippen LogP contribution in [0.25, 0.3) is 34.2 Å². The lowest BCUT2D eigenvalue weighted by Crippen LogP contribution is -1.93. The number of hydrogen-bond acceptors (Lipinski definition) is 5. The van der Waals surface area contributed by atoms with Crippen molar-refractivity contribution < 1.29 is 8.83 Å². The molecule has 0 aliphatic rings. The molecule has 0 saturated carbocycles. The van der Waals surface area contributed by atoms with Crippen LogP contribution in [0.5, 0.6) is 0 Å². The van der Waals surface area contributed by atoms with E-state index in [1.54, 1.807) is 23.1 Å². The number of rotatable bonds is 3. The lowest BCUT2D eigenvalue weighted by Gasteiger charge is -2.01. The van der Waals surface area contributed by atoms with Crippen molar-refractivity contribution in [3.8, 4) is 0 Å². The molecule has 0 fully saturated rings. The van der Waals surface area contributed by atoms with Crippen molar-refractivity contribution >= 4 is 34.2 Å². The third-order valence-corrected chi connectivity index (χ3v) is 3.85. The molecule has 0 radical (unpaired) electrons. The first-order valence-corrected chi connectivity index (χ1v) is 7.64. The van der Waals surface area contributed by atoms with Gasteiger partial charge in [0.2, 0.25) is 0 Å². The molecule has 0 N–H and O–H groups in total. The van der Waals surface area contributed by atoms with Crippen LogP contribution < -0.4 is 5.63 Å². The molecule has 120 valence electrons. The van der Waals surface area contributed by atoms with Crippen LogP contribution in [-0.2, 0) is 0 Å². The molecule has 4 aromatic rings. The van der Waals surface area contributed by atoms with Crippen molar-refractivity contribution in [2.45, 2.75) is 19.8 Å². The van der Waals surface area contributed by atoms with E-state index in [1.165, 1.54) is 12.4 Å². The van der Waals surface area contributed by atoms with Crippen LogP contribution in [0.2, 0.25) is 0 Å². The van der Waals surface area contributed by atoms with Gasteiger partial charge in [0.15, 0.2) is 0 Å². The second-order valence-electron chi connectivity index (χ2n) is 5.87. The number of hydrogen-bond donors (Lipinski definition) is 0. The summed E-state index contributed by atoms with van der Waals surface area (Å²) in [4.78, 5) is 15.3. The first-order chi connectivity index (χ1) is 11.6. The smallest absolute Gasteiger partial charge is 0.336 e. The molecule has 0 aliphatic carbocycles. The molecule has 0 spiro atoms. The Balaban J connectivity index is 1.96. The van der Waals surface area contributed by atoms with Gasteiger partial charge in [-0.25, -0.2) is 14.5 Å². The Morgan fingerprint density at radius 3 is 2.79 bits per heavy atom. The van der Waals surface area contributed by atoms with Crippen molar-refractivity contribution in [1.82, 2.24) is 14.8 Å². The van der Waals surface area contributed by atoms with Gasteiger partial charge < -0.3 is 8.83 Å². The van der Waals surface area contributed by atoms with Crippen molar-refractivity contribution in [2.24, 2.45) is 0 Å². The van der Waals surface area contributed by atoms with E-state index < -0.39 is 0 Å². The van der Waals surface area contributed by atoms with Gasteiger partial charge >= 0.3 is 5.63 Å². The predicted molar refractivity (Wildman–Crippen MR) is 91.6 cm³/mol. The van der Waals surface area contributed by atoms with E-state index in [0.29, 0.717) is 11.2 Å². The second kappa shape index (κ2) is 5.49. The Labute approximate surface area is 137 Å². The van der Waals surface area contributed by atoms with Gasteiger partial charge in [0.1, 0.15) is 29.6 Å². The Morgan fingerprint density at radius 2 is 2.04 bits per heavy atom. The van der Waals surface area contributed by atoms with E-state index in [4.69, 9.17) is 8.83 Å². The van der Waals surface area contributed by atoms with Gasteiger partial charge in [-0.2, -0.15) is 5.10 Å². The first-order valence-electron chi connectivity index (χ1n) is 7.64. The maximum atomic E-state index is 11.4. The van der Waals surface area contributed by atoms with Gasteiger partial charge in [-0.05, 0) is 18.2 Å². The lowest BCUT2D eigenvalue weighted by molar-refractivity contribution is 0.518. The highest BCUT2D eigenvalue weighted by Crippen LogP contribution is 2.34. The highest BCUT2D eigenvalue weighted by molar-refractivity contribution is 5.98. The number of fused-ring (bicyclic) bond motifs is 2. The van der Waals surface area contributed by atoms with E-state index in [2.05, 4.69) is 23.9 Å². The molecule has 24 heavy (non-hydrogen) atoms. The lowest BCUT2D eigenvalue weighted by atomic mass is 10.0. The van der Waals surface area contributed by atoms with E-state index in [-0.39, 0.29) is 11.5 Å². The van der Waals surface area contributed by atoms with Gasteiger partial charge in [-0.1, -0.05) is 13.8 Å². The number of aromatic nitrogens is 3. The van der Waals surface area contributed by atoms with E-state index in [9.17, 15) is 4.79 Å². The average Bonchev–Trinajstić information content (AvgIpc) is 3.18. The van der Waals surface area contributed by atoms with Crippen molar-refractivity contribution in [1.29, 1.82) is 0 Å². The molecule has 0 atom stereocenters. The van der Waals surface area contributed by atoms with Crippen LogP contribution in [0.3, 0.4) is 0 Å². The van der Waals surface area contributed by atoms with Crippen LogP contribution in [-0.4, -0.2) is 14.8 Å². The predicted octanol–water partition coefficient (Wildman–Crippen LogP) is 3.88. The first kappa shape index (κ1) is 14.4. The molecule has 6 heteroatoms. The average molecular weight is 321 g/mol. The Hall–Kier alpha value is -3.15. The summed E-state index contributed by atoms with van der Waals surface area (Å²) in [5, 5.41) is 5.89. The van der Waals surface area contributed by atoms with Crippen molar-refractivity contribution in [2.75, 3.05) is 0 Å². The summed E-state index contributed by atoms with van der Waals surface area (Å²) < 4.78 is 12.9. The summed E-state index contributed by atoms with van der Waals surface area (Å²) in [5.74, 6) is 1.09. The number of furan rings is 1. The van der Waals surface area contributed by atoms with Crippen LogP contribution in [0.4, 0.5) is 0 Å². The van der Waals surface area contributed by atoms with Gasteiger partial charge in [-0.15, -0.1) is 0 Å². The summed E-state index contributed by atoms with van der Waals surface area (Å²) in [6.45, 7) is 4.15. The zero-order valence-electron chi connectivity index (χ0n) is 13.3. The van der Waals surface area contributed by atoms with Gasteiger partial charge in [0.25, 0.3) is 0 Å². The van der Waals surface area contributed by atoms with Crippen LogP contribution >= 0.6 is 0 Å². The van der Waals surface area contributed by atoms with Gasteiger partial charge in [0.05, 0.1) is 0 Å². The van der Waals surface area contributed by atoms with Gasteiger partial charge in [-0.3, -0.25) is 0 Å². The van der Waals surface area contributed by atoms with Gasteiger partial charge in [0, 0.05) is 40.6 Å². The van der Waals surface area contributed by atoms with Crippen LogP contribution in [0, 0.1) is 0 Å². The highest BCUT2D eigenvalue weighted by Gasteiger charge is 2.16. The maximum Gasteiger partial charge on any atom is 0.336 e. The normalized spacial score (nSPS) is 12.1. The summed E-state index contributed by atoms with van der Waals surface area (Å²) in [5.41, 5.74) is 1.83. The Morgan fingerprint density at radius 1 is 1.17 bits per heavy atom. The monoisotopic (exact) mass is 321 g/mol. The molecule has 0 amide bonds. The molecule has 4 rings (SSSR count). The fourth-order valence-corrected chi connectivity index (χ4v) is 2.74. The molecule has 0 bridgehead atoms. The standard InChI is InChI=1S/C18H15N3O3/c1-11(2)18-13(5-6-21-10-19-9-20-21)14-7-12-3-4-17(22)23-15(12)8-16(14)24-18/h3-11H,1-2H3/b6-5+. The fraction of sp³-hybridized carbons (Fsp3) is 0.167. The molecule has 0 aliphatic heterocycles. The minimum absolute atomic E-state index is 0.211. The third kappa shape index (κ3) is 2.42. The SMILES string of the molecule is CC(C)c1oc2cc3oc(=O)ccc3cc2c1/C=C/n1cncn1. The number of benzene rings is 1. The van der Waals surface area contributed by atoms with E-state index in [0.717, 1.165) is 22.1 Å². The summed E-state index contributed by atoms with van der Waals surface area (Å²) in [6, 6.07) is 6.92. The summed E-state index contributed by atoms with van der Waals surface area (Å²) >= 11 is 0. The molecule has 0 unspecified atom stereocenters. The Kier molecular flexibility index (Phi) is 3.30. The second-order valence-corrected chi connectivity index (χ2v) is 5.87. The van der Waals surface area contributed by atoms with Crippen molar-refractivity contribution in [3.05, 3.63) is 58.7 Å². The largest absolute Gasteiger partial charge is 0.460 e. The summed E-state index contributed by atoms with van der Waals surface area (Å²) in [7, 11) is 0. The minimum Gasteiger partial charge on any atom is -0.460 e. The van der Waals surface area contributed by atoms with E-state index in [1.807, 2.05) is 18.3 Å². The maximum absolute atomic E-state index is 11.4. The molecule has 3 aromatic heterocycles. The quantitative estimate of drug-likeness (QED) is 0.535. The Bertz CT molecular complexity index is 1100. The zero-order valence-corrected chi connectivity index (χ0v) is 13.3. The highest BCUT2D eigenvalue weighted by atomic mass is 16.4. The molecule has 1 aromatic carbocycles. The molecular formula is C18H15N3O3. The fourth-order valence-electron chi connectivity index (χ4n) is 2.74. The topological polar surface area (TPSA) is 74.1 Å². The molecular weight excluding hydrogens is 306 g/mol.